The number of hydrogen-bond acceptors (Lipinski definition) is 2. The molecule has 1 aromatic rings. The summed E-state index contributed by atoms with van der Waals surface area (Å²) in [6.45, 7) is 0.728. The van der Waals surface area contributed by atoms with Gasteiger partial charge in [-0.3, -0.25) is 4.79 Å². The van der Waals surface area contributed by atoms with Gasteiger partial charge in [0.05, 0.1) is 0 Å². The molecule has 2 rings (SSSR count). The van der Waals surface area contributed by atoms with Crippen molar-refractivity contribution in [2.45, 2.75) is 12.5 Å². The molecule has 1 unspecified atom stereocenters. The summed E-state index contributed by atoms with van der Waals surface area (Å²) in [5.74, 6) is -0.816. The molecule has 0 saturated carbocycles. The molecule has 0 spiro atoms. The summed E-state index contributed by atoms with van der Waals surface area (Å²) in [7, 11) is 0. The molecule has 0 aliphatic carbocycles. The van der Waals surface area contributed by atoms with Crippen molar-refractivity contribution in [1.29, 1.82) is 0 Å². The Morgan fingerprint density at radius 1 is 1.53 bits per heavy atom. The predicted molar refractivity (Wildman–Crippen MR) is 66.5 cm³/mol. The fourth-order valence-corrected chi connectivity index (χ4v) is 2.12. The first kappa shape index (κ1) is 12.7. The standard InChI is InChI=1S/C10H10BrNO2.BrH/c11-7-2-1-6-3-4-12-9(10(13)14)8(6)5-7;/h1-2,5,9,12H,3-4H2,(H,13,14);1H. The highest BCUT2D eigenvalue weighted by Crippen LogP contribution is 2.26. The van der Waals surface area contributed by atoms with E-state index in [1.54, 1.807) is 0 Å². The first-order chi connectivity index (χ1) is 6.68. The molecule has 0 amide bonds. The van der Waals surface area contributed by atoms with Crippen molar-refractivity contribution in [3.63, 3.8) is 0 Å². The molecule has 2 N–H and O–H groups in total. The molecular weight excluding hydrogens is 326 g/mol. The molecule has 5 heteroatoms. The van der Waals surface area contributed by atoms with Gasteiger partial charge in [-0.15, -0.1) is 17.0 Å². The van der Waals surface area contributed by atoms with Crippen LogP contribution >= 0.6 is 32.9 Å². The van der Waals surface area contributed by atoms with E-state index >= 15 is 0 Å². The van der Waals surface area contributed by atoms with Crippen LogP contribution in [0.15, 0.2) is 22.7 Å². The van der Waals surface area contributed by atoms with Crippen molar-refractivity contribution < 1.29 is 9.90 Å². The SMILES string of the molecule is Br.O=C(O)C1NCCc2ccc(Br)cc21. The molecule has 0 saturated heterocycles. The number of carboxylic acids is 1. The van der Waals surface area contributed by atoms with Crippen LogP contribution in [0.4, 0.5) is 0 Å². The van der Waals surface area contributed by atoms with E-state index in [9.17, 15) is 4.79 Å². The highest BCUT2D eigenvalue weighted by Gasteiger charge is 2.25. The van der Waals surface area contributed by atoms with E-state index < -0.39 is 12.0 Å². The Kier molecular flexibility index (Phi) is 4.31. The van der Waals surface area contributed by atoms with Gasteiger partial charge in [-0.05, 0) is 29.7 Å². The third kappa shape index (κ3) is 2.59. The number of hydrogen-bond donors (Lipinski definition) is 2. The lowest BCUT2D eigenvalue weighted by atomic mass is 9.94. The zero-order chi connectivity index (χ0) is 10.1. The normalized spacial score (nSPS) is 18.9. The molecule has 0 aromatic heterocycles. The quantitative estimate of drug-likeness (QED) is 0.827. The largest absolute Gasteiger partial charge is 0.480 e. The predicted octanol–water partition coefficient (Wildman–Crippen LogP) is 2.30. The number of carboxylic acid groups (broad SMARTS) is 1. The zero-order valence-electron chi connectivity index (χ0n) is 7.87. The first-order valence-corrected chi connectivity index (χ1v) is 5.22. The average Bonchev–Trinajstić information content (AvgIpc) is 2.16. The van der Waals surface area contributed by atoms with Crippen LogP contribution < -0.4 is 5.32 Å². The third-order valence-electron chi connectivity index (χ3n) is 2.41. The third-order valence-corrected chi connectivity index (χ3v) is 2.90. The van der Waals surface area contributed by atoms with Crippen LogP contribution in [-0.2, 0) is 11.2 Å². The lowest BCUT2D eigenvalue weighted by Gasteiger charge is -2.23. The van der Waals surface area contributed by atoms with Crippen LogP contribution in [0.2, 0.25) is 0 Å². The van der Waals surface area contributed by atoms with Crippen LogP contribution in [0.1, 0.15) is 17.2 Å². The second-order valence-corrected chi connectivity index (χ2v) is 4.23. The second kappa shape index (κ2) is 5.09. The minimum Gasteiger partial charge on any atom is -0.480 e. The highest BCUT2D eigenvalue weighted by atomic mass is 79.9. The summed E-state index contributed by atoms with van der Waals surface area (Å²) >= 11 is 3.35. The summed E-state index contributed by atoms with van der Waals surface area (Å²) in [5.41, 5.74) is 2.00. The molecule has 1 aliphatic rings. The molecule has 1 heterocycles. The topological polar surface area (TPSA) is 49.3 Å². The van der Waals surface area contributed by atoms with Crippen LogP contribution in [0.3, 0.4) is 0 Å². The fraction of sp³-hybridized carbons (Fsp3) is 0.300. The van der Waals surface area contributed by atoms with E-state index in [1.165, 1.54) is 0 Å². The van der Waals surface area contributed by atoms with E-state index in [0.29, 0.717) is 0 Å². The van der Waals surface area contributed by atoms with Crippen LogP contribution in [0.5, 0.6) is 0 Å². The lowest BCUT2D eigenvalue weighted by molar-refractivity contribution is -0.139. The van der Waals surface area contributed by atoms with E-state index in [2.05, 4.69) is 21.2 Å². The second-order valence-electron chi connectivity index (χ2n) is 3.32. The summed E-state index contributed by atoms with van der Waals surface area (Å²) in [4.78, 5) is 11.0. The molecular formula is C10H11Br2NO2. The molecule has 1 aromatic carbocycles. The Bertz CT molecular complexity index is 382. The number of carbonyl (C=O) groups is 1. The van der Waals surface area contributed by atoms with Gasteiger partial charge in [0.15, 0.2) is 0 Å². The van der Waals surface area contributed by atoms with Crippen LogP contribution in [0, 0.1) is 0 Å². The van der Waals surface area contributed by atoms with E-state index in [4.69, 9.17) is 5.11 Å². The lowest BCUT2D eigenvalue weighted by Crippen LogP contribution is -2.34. The number of halogens is 2. The smallest absolute Gasteiger partial charge is 0.325 e. The maximum atomic E-state index is 11.0. The molecule has 1 aliphatic heterocycles. The van der Waals surface area contributed by atoms with E-state index in [0.717, 1.165) is 28.6 Å². The number of nitrogens with one attached hydrogen (secondary N) is 1. The Morgan fingerprint density at radius 2 is 2.27 bits per heavy atom. The van der Waals surface area contributed by atoms with Gasteiger partial charge in [-0.25, -0.2) is 0 Å². The van der Waals surface area contributed by atoms with Crippen molar-refractivity contribution in [3.05, 3.63) is 33.8 Å². The highest BCUT2D eigenvalue weighted by molar-refractivity contribution is 9.10. The monoisotopic (exact) mass is 335 g/mol. The first-order valence-electron chi connectivity index (χ1n) is 4.43. The van der Waals surface area contributed by atoms with Gasteiger partial charge in [0.25, 0.3) is 0 Å². The number of benzene rings is 1. The van der Waals surface area contributed by atoms with E-state index in [-0.39, 0.29) is 17.0 Å². The van der Waals surface area contributed by atoms with Gasteiger partial charge in [0.2, 0.25) is 0 Å². The Labute approximate surface area is 107 Å². The maximum Gasteiger partial charge on any atom is 0.325 e. The van der Waals surface area contributed by atoms with Gasteiger partial charge in [-0.2, -0.15) is 0 Å². The minimum absolute atomic E-state index is 0. The molecule has 3 nitrogen and oxygen atoms in total. The van der Waals surface area contributed by atoms with E-state index in [1.807, 2.05) is 18.2 Å². The number of rotatable bonds is 1. The fourth-order valence-electron chi connectivity index (χ4n) is 1.74. The Morgan fingerprint density at radius 3 is 2.93 bits per heavy atom. The van der Waals surface area contributed by atoms with Gasteiger partial charge in [0.1, 0.15) is 6.04 Å². The van der Waals surface area contributed by atoms with Crippen molar-refractivity contribution in [1.82, 2.24) is 5.32 Å². The summed E-state index contributed by atoms with van der Waals surface area (Å²) in [6, 6.07) is 5.25. The molecule has 82 valence electrons. The van der Waals surface area contributed by atoms with Gasteiger partial charge >= 0.3 is 5.97 Å². The minimum atomic E-state index is -0.816. The van der Waals surface area contributed by atoms with Gasteiger partial charge in [0, 0.05) is 11.0 Å². The molecule has 0 radical (unpaired) electrons. The number of fused-ring (bicyclic) bond motifs is 1. The van der Waals surface area contributed by atoms with Crippen molar-refractivity contribution in [3.8, 4) is 0 Å². The van der Waals surface area contributed by atoms with Gasteiger partial charge in [-0.1, -0.05) is 22.0 Å². The molecule has 0 bridgehead atoms. The van der Waals surface area contributed by atoms with Crippen molar-refractivity contribution >= 4 is 38.9 Å². The van der Waals surface area contributed by atoms with Crippen LogP contribution in [0.25, 0.3) is 0 Å². The summed E-state index contributed by atoms with van der Waals surface area (Å²) < 4.78 is 0.922. The zero-order valence-corrected chi connectivity index (χ0v) is 11.2. The molecule has 15 heavy (non-hydrogen) atoms. The molecule has 1 atom stereocenters. The van der Waals surface area contributed by atoms with Crippen molar-refractivity contribution in [2.24, 2.45) is 0 Å². The average molecular weight is 337 g/mol. The van der Waals surface area contributed by atoms with Crippen LogP contribution in [-0.4, -0.2) is 17.6 Å². The Balaban J connectivity index is 0.00000112. The van der Waals surface area contributed by atoms with Crippen molar-refractivity contribution in [2.75, 3.05) is 6.54 Å². The Hall–Kier alpha value is -0.390. The summed E-state index contributed by atoms with van der Waals surface area (Å²) in [6.07, 6.45) is 0.895. The number of aliphatic carboxylic acids is 1. The summed E-state index contributed by atoms with van der Waals surface area (Å²) in [5, 5.41) is 12.0. The molecule has 0 fully saturated rings. The maximum absolute atomic E-state index is 11.0. The van der Waals surface area contributed by atoms with Gasteiger partial charge < -0.3 is 10.4 Å².